The third-order valence-corrected chi connectivity index (χ3v) is 5.31. The Labute approximate surface area is 166 Å². The Morgan fingerprint density at radius 2 is 2.25 bits per heavy atom. The maximum Gasteiger partial charge on any atom is 0.183 e. The molecule has 0 aliphatic heterocycles. The van der Waals surface area contributed by atoms with Gasteiger partial charge < -0.3 is 16.3 Å². The standard InChI is InChI=1S/C19H20ClFN6O/c1-2-19(28)5-3-4-12(7-19)25-17-15(21)9-23-16(26-17)14-10-27(22)18-13(14)6-11(20)8-24-18/h2,6,8-10,12,28H,1,3-5,7,22H2,(H,23,25,26). The zero-order chi connectivity index (χ0) is 19.9. The van der Waals surface area contributed by atoms with E-state index in [9.17, 15) is 9.50 Å². The predicted octanol–water partition coefficient (Wildman–Crippen LogP) is 3.27. The molecule has 146 valence electrons. The van der Waals surface area contributed by atoms with E-state index in [1.807, 2.05) is 0 Å². The number of pyridine rings is 1. The molecule has 28 heavy (non-hydrogen) atoms. The van der Waals surface area contributed by atoms with Gasteiger partial charge in [-0.25, -0.2) is 19.3 Å². The molecule has 3 aromatic rings. The van der Waals surface area contributed by atoms with Gasteiger partial charge in [-0.05, 0) is 31.7 Å². The van der Waals surface area contributed by atoms with Crippen molar-refractivity contribution in [2.75, 3.05) is 11.2 Å². The average Bonchev–Trinajstić information content (AvgIpc) is 2.99. The van der Waals surface area contributed by atoms with Crippen LogP contribution in [-0.4, -0.2) is 36.4 Å². The number of hydrogen-bond acceptors (Lipinski definition) is 6. The molecule has 1 fully saturated rings. The van der Waals surface area contributed by atoms with Gasteiger partial charge in [0.25, 0.3) is 0 Å². The second-order valence-electron chi connectivity index (χ2n) is 7.11. The Hall–Kier alpha value is -2.71. The molecular formula is C19H20ClFN6O. The number of fused-ring (bicyclic) bond motifs is 1. The van der Waals surface area contributed by atoms with E-state index < -0.39 is 11.4 Å². The lowest BCUT2D eigenvalue weighted by molar-refractivity contribution is 0.0469. The maximum atomic E-state index is 14.4. The smallest absolute Gasteiger partial charge is 0.183 e. The fraction of sp³-hybridized carbons (Fsp3) is 0.316. The number of anilines is 1. The van der Waals surface area contributed by atoms with Gasteiger partial charge in [-0.15, -0.1) is 6.58 Å². The third-order valence-electron chi connectivity index (χ3n) is 5.10. The van der Waals surface area contributed by atoms with Crippen LogP contribution in [0, 0.1) is 5.82 Å². The van der Waals surface area contributed by atoms with Crippen LogP contribution in [0.25, 0.3) is 22.4 Å². The third kappa shape index (κ3) is 3.41. The highest BCUT2D eigenvalue weighted by Crippen LogP contribution is 2.32. The molecule has 0 saturated heterocycles. The first-order valence-electron chi connectivity index (χ1n) is 8.95. The van der Waals surface area contributed by atoms with E-state index >= 15 is 0 Å². The van der Waals surface area contributed by atoms with Gasteiger partial charge in [0.2, 0.25) is 0 Å². The average molecular weight is 403 g/mol. The molecule has 4 N–H and O–H groups in total. The Morgan fingerprint density at radius 1 is 1.43 bits per heavy atom. The molecule has 1 aliphatic rings. The van der Waals surface area contributed by atoms with Crippen molar-refractivity contribution < 1.29 is 9.50 Å². The van der Waals surface area contributed by atoms with Crippen molar-refractivity contribution in [2.24, 2.45) is 0 Å². The molecule has 1 saturated carbocycles. The van der Waals surface area contributed by atoms with Gasteiger partial charge in [-0.2, -0.15) is 0 Å². The summed E-state index contributed by atoms with van der Waals surface area (Å²) >= 11 is 6.06. The summed E-state index contributed by atoms with van der Waals surface area (Å²) in [4.78, 5) is 12.7. The fourth-order valence-corrected chi connectivity index (χ4v) is 3.83. The first kappa shape index (κ1) is 18.6. The fourth-order valence-electron chi connectivity index (χ4n) is 3.67. The number of nitrogens with one attached hydrogen (secondary N) is 1. The van der Waals surface area contributed by atoms with Crippen molar-refractivity contribution in [1.82, 2.24) is 19.6 Å². The molecule has 0 amide bonds. The van der Waals surface area contributed by atoms with Gasteiger partial charge in [0.05, 0.1) is 16.8 Å². The van der Waals surface area contributed by atoms with Crippen molar-refractivity contribution in [1.29, 1.82) is 0 Å². The van der Waals surface area contributed by atoms with Crippen molar-refractivity contribution >= 4 is 28.5 Å². The lowest BCUT2D eigenvalue weighted by Gasteiger charge is -2.35. The number of halogens is 2. The van der Waals surface area contributed by atoms with Crippen LogP contribution >= 0.6 is 11.6 Å². The summed E-state index contributed by atoms with van der Waals surface area (Å²) in [5, 5.41) is 14.7. The molecule has 2 unspecified atom stereocenters. The minimum Gasteiger partial charge on any atom is -0.386 e. The van der Waals surface area contributed by atoms with Gasteiger partial charge in [-0.1, -0.05) is 17.7 Å². The van der Waals surface area contributed by atoms with E-state index in [1.165, 1.54) is 10.9 Å². The summed E-state index contributed by atoms with van der Waals surface area (Å²) in [6.07, 6.45) is 8.50. The van der Waals surface area contributed by atoms with E-state index in [-0.39, 0.29) is 11.9 Å². The Morgan fingerprint density at radius 3 is 3.04 bits per heavy atom. The van der Waals surface area contributed by atoms with Gasteiger partial charge in [0, 0.05) is 29.4 Å². The van der Waals surface area contributed by atoms with Gasteiger partial charge in [-0.3, -0.25) is 4.68 Å². The SMILES string of the molecule is C=CC1(O)CCCC(Nc2nc(-c3cn(N)c4ncc(Cl)cc34)ncc2F)C1. The number of aromatic nitrogens is 4. The van der Waals surface area contributed by atoms with Crippen LogP contribution in [0.3, 0.4) is 0 Å². The Kier molecular flexibility index (Phi) is 4.68. The minimum absolute atomic E-state index is 0.0798. The van der Waals surface area contributed by atoms with Crippen LogP contribution in [0.1, 0.15) is 25.7 Å². The monoisotopic (exact) mass is 402 g/mol. The van der Waals surface area contributed by atoms with E-state index in [0.717, 1.165) is 19.0 Å². The number of nitrogens with zero attached hydrogens (tertiary/aromatic N) is 4. The zero-order valence-electron chi connectivity index (χ0n) is 15.1. The Balaban J connectivity index is 1.68. The molecule has 0 aromatic carbocycles. The normalized spacial score (nSPS) is 22.3. The van der Waals surface area contributed by atoms with Gasteiger partial charge >= 0.3 is 0 Å². The zero-order valence-corrected chi connectivity index (χ0v) is 15.8. The lowest BCUT2D eigenvalue weighted by atomic mass is 9.82. The lowest BCUT2D eigenvalue weighted by Crippen LogP contribution is -2.39. The highest BCUT2D eigenvalue weighted by molar-refractivity contribution is 6.31. The molecule has 2 atom stereocenters. The molecule has 0 bridgehead atoms. The van der Waals surface area contributed by atoms with Crippen LogP contribution < -0.4 is 11.2 Å². The van der Waals surface area contributed by atoms with Crippen molar-refractivity contribution in [3.05, 3.63) is 48.2 Å². The van der Waals surface area contributed by atoms with Gasteiger partial charge in [0.15, 0.2) is 23.1 Å². The summed E-state index contributed by atoms with van der Waals surface area (Å²) in [5.41, 5.74) is 0.171. The number of rotatable bonds is 4. The maximum absolute atomic E-state index is 14.4. The highest BCUT2D eigenvalue weighted by atomic mass is 35.5. The molecule has 9 heteroatoms. The number of nitrogens with two attached hydrogens (primary N) is 1. The summed E-state index contributed by atoms with van der Waals surface area (Å²) in [7, 11) is 0. The minimum atomic E-state index is -0.947. The summed E-state index contributed by atoms with van der Waals surface area (Å²) in [5.74, 6) is 5.77. The molecule has 3 heterocycles. The molecule has 7 nitrogen and oxygen atoms in total. The first-order chi connectivity index (χ1) is 13.4. The van der Waals surface area contributed by atoms with Crippen molar-refractivity contribution in [3.8, 4) is 11.4 Å². The molecule has 1 aliphatic carbocycles. The van der Waals surface area contributed by atoms with Crippen molar-refractivity contribution in [2.45, 2.75) is 37.3 Å². The van der Waals surface area contributed by atoms with Crippen LogP contribution in [0.5, 0.6) is 0 Å². The molecular weight excluding hydrogens is 383 g/mol. The van der Waals surface area contributed by atoms with Crippen molar-refractivity contribution in [3.63, 3.8) is 0 Å². The second-order valence-corrected chi connectivity index (χ2v) is 7.55. The van der Waals surface area contributed by atoms with Crippen LogP contribution in [0.2, 0.25) is 5.02 Å². The Bertz CT molecular complexity index is 1050. The highest BCUT2D eigenvalue weighted by Gasteiger charge is 2.32. The number of aliphatic hydroxyl groups is 1. The second kappa shape index (κ2) is 7.03. The number of nitrogen functional groups attached to an aromatic ring is 1. The van der Waals surface area contributed by atoms with Crippen LogP contribution in [0.4, 0.5) is 10.2 Å². The molecule has 0 radical (unpaired) electrons. The first-order valence-corrected chi connectivity index (χ1v) is 9.33. The summed E-state index contributed by atoms with van der Waals surface area (Å²) in [6.45, 7) is 3.70. The molecule has 0 spiro atoms. The quantitative estimate of drug-likeness (QED) is 0.457. The van der Waals surface area contributed by atoms with E-state index in [0.29, 0.717) is 40.3 Å². The van der Waals surface area contributed by atoms with E-state index in [2.05, 4.69) is 26.8 Å². The molecule has 3 aromatic heterocycles. The van der Waals surface area contributed by atoms with E-state index in [1.54, 1.807) is 18.3 Å². The topological polar surface area (TPSA) is 102 Å². The largest absolute Gasteiger partial charge is 0.386 e. The number of hydrogen-bond donors (Lipinski definition) is 3. The van der Waals surface area contributed by atoms with Crippen LogP contribution in [-0.2, 0) is 0 Å². The summed E-state index contributed by atoms with van der Waals surface area (Å²) in [6, 6.07) is 1.59. The van der Waals surface area contributed by atoms with Crippen LogP contribution in [0.15, 0.2) is 37.3 Å². The van der Waals surface area contributed by atoms with Gasteiger partial charge in [0.1, 0.15) is 0 Å². The van der Waals surface area contributed by atoms with E-state index in [4.69, 9.17) is 17.4 Å². The summed E-state index contributed by atoms with van der Waals surface area (Å²) < 4.78 is 15.7. The molecule has 4 rings (SSSR count). The predicted molar refractivity (Wildman–Crippen MR) is 107 cm³/mol.